The lowest BCUT2D eigenvalue weighted by Crippen LogP contribution is -2.53. The van der Waals surface area contributed by atoms with E-state index in [1.807, 2.05) is 0 Å². The molecule has 2 amide bonds. The number of hydrogen-bond donors (Lipinski definition) is 2. The standard InChI is InChI=1S/C14H25N3O2S.ClH/c1-2-3-6-13(18)17-10-20-9-12(17)14(19)16-11-5-4-7-15-8-11;/h11-12,15H,2-10H2,1H3,(H,16,19);1H. The number of unbranched alkanes of at least 4 members (excludes halogenated alkanes) is 1. The Kier molecular flexibility index (Phi) is 8.44. The fourth-order valence-electron chi connectivity index (χ4n) is 2.65. The summed E-state index contributed by atoms with van der Waals surface area (Å²) in [5.74, 6) is 1.53. The van der Waals surface area contributed by atoms with Crippen LogP contribution in [0.15, 0.2) is 0 Å². The van der Waals surface area contributed by atoms with Crippen LogP contribution in [0.2, 0.25) is 0 Å². The Labute approximate surface area is 137 Å². The van der Waals surface area contributed by atoms with Crippen LogP contribution in [0.25, 0.3) is 0 Å². The van der Waals surface area contributed by atoms with Crippen molar-refractivity contribution in [3.63, 3.8) is 0 Å². The van der Waals surface area contributed by atoms with Crippen LogP contribution in [0.1, 0.15) is 39.0 Å². The predicted molar refractivity (Wildman–Crippen MR) is 88.8 cm³/mol. The number of carbonyl (C=O) groups excluding carboxylic acids is 2. The van der Waals surface area contributed by atoms with Gasteiger partial charge in [-0.2, -0.15) is 0 Å². The Balaban J connectivity index is 0.00000220. The van der Waals surface area contributed by atoms with Crippen LogP contribution in [0, 0.1) is 0 Å². The number of nitrogens with zero attached hydrogens (tertiary/aromatic N) is 1. The first-order chi connectivity index (χ1) is 9.72. The van der Waals surface area contributed by atoms with Crippen LogP contribution in [0.3, 0.4) is 0 Å². The molecule has 0 saturated carbocycles. The van der Waals surface area contributed by atoms with Gasteiger partial charge in [-0.1, -0.05) is 13.3 Å². The minimum atomic E-state index is -0.272. The van der Waals surface area contributed by atoms with Crippen molar-refractivity contribution in [1.29, 1.82) is 0 Å². The van der Waals surface area contributed by atoms with E-state index in [2.05, 4.69) is 17.6 Å². The third kappa shape index (κ3) is 5.34. The summed E-state index contributed by atoms with van der Waals surface area (Å²) in [6.07, 6.45) is 4.61. The Morgan fingerprint density at radius 2 is 2.24 bits per heavy atom. The third-order valence-corrected chi connectivity index (χ3v) is 4.90. The van der Waals surface area contributed by atoms with Gasteiger partial charge in [0.15, 0.2) is 0 Å². The highest BCUT2D eigenvalue weighted by Gasteiger charge is 2.35. The zero-order valence-corrected chi connectivity index (χ0v) is 14.2. The maximum atomic E-state index is 12.4. The number of piperidine rings is 1. The van der Waals surface area contributed by atoms with Gasteiger partial charge in [-0.25, -0.2) is 0 Å². The molecule has 2 aliphatic rings. The molecular formula is C14H26ClN3O2S. The van der Waals surface area contributed by atoms with E-state index in [4.69, 9.17) is 0 Å². The van der Waals surface area contributed by atoms with E-state index in [9.17, 15) is 9.59 Å². The Morgan fingerprint density at radius 1 is 1.43 bits per heavy atom. The van der Waals surface area contributed by atoms with E-state index in [0.29, 0.717) is 12.3 Å². The summed E-state index contributed by atoms with van der Waals surface area (Å²) in [6, 6.07) is -0.0549. The fraction of sp³-hybridized carbons (Fsp3) is 0.857. The van der Waals surface area contributed by atoms with E-state index >= 15 is 0 Å². The van der Waals surface area contributed by atoms with Gasteiger partial charge in [-0.3, -0.25) is 9.59 Å². The van der Waals surface area contributed by atoms with Crippen molar-refractivity contribution < 1.29 is 9.59 Å². The summed E-state index contributed by atoms with van der Waals surface area (Å²) in [6.45, 7) is 3.95. The summed E-state index contributed by atoms with van der Waals surface area (Å²) in [5.41, 5.74) is 0. The molecule has 0 spiro atoms. The summed E-state index contributed by atoms with van der Waals surface area (Å²) >= 11 is 1.67. The Bertz CT molecular complexity index is 351. The minimum absolute atomic E-state index is 0. The topological polar surface area (TPSA) is 61.4 Å². The first-order valence-corrected chi connectivity index (χ1v) is 8.76. The quantitative estimate of drug-likeness (QED) is 0.796. The largest absolute Gasteiger partial charge is 0.350 e. The van der Waals surface area contributed by atoms with E-state index in [-0.39, 0.29) is 36.3 Å². The highest BCUT2D eigenvalue weighted by atomic mass is 35.5. The third-order valence-electron chi connectivity index (χ3n) is 3.89. The molecule has 2 aliphatic heterocycles. The SMILES string of the molecule is CCCCC(=O)N1CSCC1C(=O)NC1CCCNC1.Cl. The normalized spacial score (nSPS) is 25.3. The van der Waals surface area contributed by atoms with E-state index in [0.717, 1.165) is 44.5 Å². The maximum absolute atomic E-state index is 12.4. The second kappa shape index (κ2) is 9.54. The molecule has 0 aliphatic carbocycles. The highest BCUT2D eigenvalue weighted by Crippen LogP contribution is 2.22. The van der Waals surface area contributed by atoms with Gasteiger partial charge in [0, 0.05) is 24.8 Å². The molecule has 21 heavy (non-hydrogen) atoms. The Hall–Kier alpha value is -0.460. The zero-order valence-electron chi connectivity index (χ0n) is 12.6. The molecule has 122 valence electrons. The molecule has 2 heterocycles. The summed E-state index contributed by atoms with van der Waals surface area (Å²) in [4.78, 5) is 26.2. The van der Waals surface area contributed by atoms with Gasteiger partial charge in [-0.05, 0) is 25.8 Å². The number of carbonyl (C=O) groups is 2. The second-order valence-corrected chi connectivity index (χ2v) is 6.53. The molecule has 2 rings (SSSR count). The average molecular weight is 336 g/mol. The van der Waals surface area contributed by atoms with Gasteiger partial charge in [-0.15, -0.1) is 24.2 Å². The second-order valence-electron chi connectivity index (χ2n) is 5.53. The molecule has 2 N–H and O–H groups in total. The summed E-state index contributed by atoms with van der Waals surface area (Å²) in [5, 5.41) is 6.39. The lowest BCUT2D eigenvalue weighted by Gasteiger charge is -2.28. The number of amides is 2. The average Bonchev–Trinajstić information content (AvgIpc) is 2.95. The van der Waals surface area contributed by atoms with E-state index < -0.39 is 0 Å². The molecule has 0 radical (unpaired) electrons. The summed E-state index contributed by atoms with van der Waals surface area (Å²) in [7, 11) is 0. The van der Waals surface area contributed by atoms with Gasteiger partial charge in [0.25, 0.3) is 0 Å². The van der Waals surface area contributed by atoms with Crippen LogP contribution >= 0.6 is 24.2 Å². The smallest absolute Gasteiger partial charge is 0.243 e. The molecule has 2 fully saturated rings. The molecule has 2 saturated heterocycles. The van der Waals surface area contributed by atoms with Crippen LogP contribution in [-0.2, 0) is 9.59 Å². The zero-order chi connectivity index (χ0) is 14.4. The highest BCUT2D eigenvalue weighted by molar-refractivity contribution is 7.99. The molecule has 0 bridgehead atoms. The molecule has 0 aromatic rings. The van der Waals surface area contributed by atoms with Gasteiger partial charge in [0.2, 0.25) is 11.8 Å². The molecular weight excluding hydrogens is 310 g/mol. The number of nitrogens with one attached hydrogen (secondary N) is 2. The number of thioether (sulfide) groups is 1. The molecule has 7 heteroatoms. The number of hydrogen-bond acceptors (Lipinski definition) is 4. The van der Waals surface area contributed by atoms with E-state index in [1.54, 1.807) is 16.7 Å². The van der Waals surface area contributed by atoms with E-state index in [1.165, 1.54) is 0 Å². The first-order valence-electron chi connectivity index (χ1n) is 7.60. The Morgan fingerprint density at radius 3 is 2.90 bits per heavy atom. The van der Waals surface area contributed by atoms with Crippen LogP contribution in [0.5, 0.6) is 0 Å². The van der Waals surface area contributed by atoms with Gasteiger partial charge in [0.1, 0.15) is 6.04 Å². The van der Waals surface area contributed by atoms with Crippen molar-refractivity contribution in [2.75, 3.05) is 24.7 Å². The maximum Gasteiger partial charge on any atom is 0.243 e. The van der Waals surface area contributed by atoms with Gasteiger partial charge < -0.3 is 15.5 Å². The summed E-state index contributed by atoms with van der Waals surface area (Å²) < 4.78 is 0. The molecule has 5 nitrogen and oxygen atoms in total. The fourth-order valence-corrected chi connectivity index (χ4v) is 3.83. The van der Waals surface area contributed by atoms with Crippen molar-refractivity contribution in [3.8, 4) is 0 Å². The van der Waals surface area contributed by atoms with Crippen molar-refractivity contribution in [3.05, 3.63) is 0 Å². The van der Waals surface area contributed by atoms with Crippen LogP contribution in [-0.4, -0.2) is 53.5 Å². The van der Waals surface area contributed by atoms with Gasteiger partial charge >= 0.3 is 0 Å². The number of halogens is 1. The molecule has 2 atom stereocenters. The van der Waals surface area contributed by atoms with Crippen LogP contribution < -0.4 is 10.6 Å². The number of rotatable bonds is 5. The monoisotopic (exact) mass is 335 g/mol. The van der Waals surface area contributed by atoms with Crippen molar-refractivity contribution in [1.82, 2.24) is 15.5 Å². The molecule has 2 unspecified atom stereocenters. The first kappa shape index (κ1) is 18.6. The lowest BCUT2D eigenvalue weighted by atomic mass is 10.1. The molecule has 0 aromatic carbocycles. The van der Waals surface area contributed by atoms with Crippen LogP contribution in [0.4, 0.5) is 0 Å². The van der Waals surface area contributed by atoms with Crippen molar-refractivity contribution in [2.45, 2.75) is 51.1 Å². The van der Waals surface area contributed by atoms with Crippen molar-refractivity contribution >= 4 is 36.0 Å². The molecule has 0 aromatic heterocycles. The lowest BCUT2D eigenvalue weighted by molar-refractivity contribution is -0.138. The van der Waals surface area contributed by atoms with Gasteiger partial charge in [0.05, 0.1) is 5.88 Å². The predicted octanol–water partition coefficient (Wildman–Crippen LogP) is 1.37. The minimum Gasteiger partial charge on any atom is -0.350 e. The van der Waals surface area contributed by atoms with Crippen molar-refractivity contribution in [2.24, 2.45) is 0 Å².